The lowest BCUT2D eigenvalue weighted by Crippen LogP contribution is -2.32. The van der Waals surface area contributed by atoms with Crippen LogP contribution in [0.15, 0.2) is 84.6 Å². The number of nitrogens with zero attached hydrogens (tertiary/aromatic N) is 2. The number of carbonyl (C=O) groups is 2. The summed E-state index contributed by atoms with van der Waals surface area (Å²) < 4.78 is 5.55. The van der Waals surface area contributed by atoms with Gasteiger partial charge in [0.2, 0.25) is 0 Å². The first-order chi connectivity index (χ1) is 17.1. The van der Waals surface area contributed by atoms with Crippen molar-refractivity contribution in [2.24, 2.45) is 0 Å². The van der Waals surface area contributed by atoms with Crippen LogP contribution in [0.5, 0.6) is 5.75 Å². The van der Waals surface area contributed by atoms with E-state index in [4.69, 9.17) is 4.74 Å². The molecule has 2 aliphatic rings. The van der Waals surface area contributed by atoms with Gasteiger partial charge in [0, 0.05) is 24.5 Å². The fourth-order valence-electron chi connectivity index (χ4n) is 4.63. The lowest BCUT2D eigenvalue weighted by atomic mass is 10.0. The molecule has 0 bridgehead atoms. The van der Waals surface area contributed by atoms with Crippen LogP contribution in [-0.4, -0.2) is 36.4 Å². The van der Waals surface area contributed by atoms with Crippen molar-refractivity contribution in [3.63, 3.8) is 0 Å². The molecule has 3 aromatic carbocycles. The van der Waals surface area contributed by atoms with Gasteiger partial charge in [0.05, 0.1) is 18.7 Å². The first-order valence-electron chi connectivity index (χ1n) is 12.1. The summed E-state index contributed by atoms with van der Waals surface area (Å²) in [4.78, 5) is 30.7. The molecule has 3 aromatic rings. The number of imide groups is 1. The Labute approximate surface area is 205 Å². The van der Waals surface area contributed by atoms with Crippen molar-refractivity contribution < 1.29 is 14.3 Å². The van der Waals surface area contributed by atoms with E-state index in [1.807, 2.05) is 73.7 Å². The molecule has 0 saturated carbocycles. The van der Waals surface area contributed by atoms with Crippen LogP contribution in [0.2, 0.25) is 0 Å². The number of ether oxygens (including phenoxy) is 1. The number of anilines is 2. The second kappa shape index (κ2) is 10.1. The van der Waals surface area contributed by atoms with E-state index in [1.54, 1.807) is 0 Å². The Hall–Kier alpha value is -4.06. The van der Waals surface area contributed by atoms with Gasteiger partial charge in [-0.15, -0.1) is 0 Å². The highest BCUT2D eigenvalue weighted by molar-refractivity contribution is 6.36. The average molecular weight is 468 g/mol. The normalized spacial score (nSPS) is 15.8. The maximum Gasteiger partial charge on any atom is 0.278 e. The quantitative estimate of drug-likeness (QED) is 0.468. The molecule has 0 unspecified atom stereocenters. The zero-order chi connectivity index (χ0) is 24.2. The predicted molar refractivity (Wildman–Crippen MR) is 138 cm³/mol. The fourth-order valence-corrected chi connectivity index (χ4v) is 4.63. The second-order valence-electron chi connectivity index (χ2n) is 8.76. The van der Waals surface area contributed by atoms with Crippen molar-refractivity contribution in [2.75, 3.05) is 29.9 Å². The standard InChI is InChI=1S/C29H29N3O3/c1-2-35-25-16-10-22(11-17-25)26-27(29(34)32(28(26)33)20-21-8-4-3-5-9-21)30-23-12-14-24(15-13-23)31-18-6-7-19-31/h3-5,8-17,30H,2,6-7,18-20H2,1H3. The van der Waals surface area contributed by atoms with Crippen molar-refractivity contribution in [3.8, 4) is 5.75 Å². The maximum absolute atomic E-state index is 13.5. The van der Waals surface area contributed by atoms with E-state index in [9.17, 15) is 9.59 Å². The molecule has 6 heteroatoms. The molecule has 6 nitrogen and oxygen atoms in total. The van der Waals surface area contributed by atoms with E-state index in [0.29, 0.717) is 23.4 Å². The molecule has 178 valence electrons. The monoisotopic (exact) mass is 467 g/mol. The molecule has 0 aromatic heterocycles. The van der Waals surface area contributed by atoms with Crippen molar-refractivity contribution >= 4 is 28.8 Å². The van der Waals surface area contributed by atoms with Gasteiger partial charge in [-0.2, -0.15) is 0 Å². The molecule has 0 spiro atoms. The smallest absolute Gasteiger partial charge is 0.278 e. The summed E-state index contributed by atoms with van der Waals surface area (Å²) in [6.07, 6.45) is 2.43. The van der Waals surface area contributed by atoms with E-state index in [1.165, 1.54) is 23.4 Å². The van der Waals surface area contributed by atoms with E-state index >= 15 is 0 Å². The summed E-state index contributed by atoms with van der Waals surface area (Å²) in [5.74, 6) is 0.0901. The minimum atomic E-state index is -0.327. The Bertz CT molecular complexity index is 1230. The summed E-state index contributed by atoms with van der Waals surface area (Å²) in [6, 6.07) is 24.9. The Morgan fingerprint density at radius 1 is 0.829 bits per heavy atom. The maximum atomic E-state index is 13.5. The van der Waals surface area contributed by atoms with Crippen LogP contribution in [0.25, 0.3) is 5.57 Å². The molecule has 2 aliphatic heterocycles. The SMILES string of the molecule is CCOc1ccc(C2=C(Nc3ccc(N4CCCC4)cc3)C(=O)N(Cc3ccccc3)C2=O)cc1. The molecule has 0 atom stereocenters. The van der Waals surface area contributed by atoms with Crippen LogP contribution in [0.1, 0.15) is 30.9 Å². The Kier molecular flexibility index (Phi) is 6.53. The number of carbonyl (C=O) groups excluding carboxylic acids is 2. The van der Waals surface area contributed by atoms with Crippen LogP contribution in [0.3, 0.4) is 0 Å². The lowest BCUT2D eigenvalue weighted by molar-refractivity contribution is -0.137. The Balaban J connectivity index is 1.46. The van der Waals surface area contributed by atoms with E-state index in [-0.39, 0.29) is 18.4 Å². The van der Waals surface area contributed by atoms with Crippen LogP contribution in [0.4, 0.5) is 11.4 Å². The summed E-state index contributed by atoms with van der Waals surface area (Å²) in [7, 11) is 0. The van der Waals surface area contributed by atoms with Gasteiger partial charge in [-0.1, -0.05) is 42.5 Å². The largest absolute Gasteiger partial charge is 0.494 e. The zero-order valence-corrected chi connectivity index (χ0v) is 19.9. The van der Waals surface area contributed by atoms with E-state index in [0.717, 1.165) is 30.1 Å². The minimum absolute atomic E-state index is 0.220. The number of amides is 2. The highest BCUT2D eigenvalue weighted by atomic mass is 16.5. The minimum Gasteiger partial charge on any atom is -0.494 e. The predicted octanol–water partition coefficient (Wildman–Crippen LogP) is 5.08. The molecule has 1 fully saturated rings. The van der Waals surface area contributed by atoms with Crippen LogP contribution in [-0.2, 0) is 16.1 Å². The first-order valence-corrected chi connectivity index (χ1v) is 12.1. The number of nitrogens with one attached hydrogen (secondary N) is 1. The number of hydrogen-bond acceptors (Lipinski definition) is 5. The van der Waals surface area contributed by atoms with Gasteiger partial charge in [0.25, 0.3) is 11.8 Å². The molecule has 2 amide bonds. The van der Waals surface area contributed by atoms with Gasteiger partial charge in [-0.3, -0.25) is 14.5 Å². The number of hydrogen-bond donors (Lipinski definition) is 1. The molecular formula is C29H29N3O3. The third kappa shape index (κ3) is 4.78. The summed E-state index contributed by atoms with van der Waals surface area (Å²) in [5, 5.41) is 3.26. The van der Waals surface area contributed by atoms with Crippen molar-refractivity contribution in [1.82, 2.24) is 4.90 Å². The van der Waals surface area contributed by atoms with Gasteiger partial charge >= 0.3 is 0 Å². The first kappa shape index (κ1) is 22.7. The van der Waals surface area contributed by atoms with Crippen molar-refractivity contribution in [1.29, 1.82) is 0 Å². The van der Waals surface area contributed by atoms with Crippen molar-refractivity contribution in [3.05, 3.63) is 95.7 Å². The summed E-state index contributed by atoms with van der Waals surface area (Å²) in [6.45, 7) is 4.85. The molecule has 2 heterocycles. The van der Waals surface area contributed by atoms with Crippen LogP contribution < -0.4 is 15.0 Å². The van der Waals surface area contributed by atoms with Gasteiger partial charge < -0.3 is 15.0 Å². The lowest BCUT2D eigenvalue weighted by Gasteiger charge is -2.18. The molecule has 1 saturated heterocycles. The van der Waals surface area contributed by atoms with E-state index < -0.39 is 0 Å². The van der Waals surface area contributed by atoms with Gasteiger partial charge in [-0.25, -0.2) is 0 Å². The van der Waals surface area contributed by atoms with Crippen LogP contribution >= 0.6 is 0 Å². The molecule has 1 N–H and O–H groups in total. The van der Waals surface area contributed by atoms with Gasteiger partial charge in [0.1, 0.15) is 11.4 Å². The molecule has 5 rings (SSSR count). The number of rotatable bonds is 8. The van der Waals surface area contributed by atoms with Crippen LogP contribution in [0, 0.1) is 0 Å². The third-order valence-electron chi connectivity index (χ3n) is 6.41. The second-order valence-corrected chi connectivity index (χ2v) is 8.76. The fraction of sp³-hybridized carbons (Fsp3) is 0.241. The molecular weight excluding hydrogens is 438 g/mol. The Morgan fingerprint density at radius 2 is 1.51 bits per heavy atom. The molecule has 0 radical (unpaired) electrons. The molecule has 0 aliphatic carbocycles. The average Bonchev–Trinajstić information content (AvgIpc) is 3.50. The van der Waals surface area contributed by atoms with Gasteiger partial charge in [-0.05, 0) is 67.3 Å². The highest BCUT2D eigenvalue weighted by Crippen LogP contribution is 2.33. The zero-order valence-electron chi connectivity index (χ0n) is 19.9. The molecule has 35 heavy (non-hydrogen) atoms. The Morgan fingerprint density at radius 3 is 2.17 bits per heavy atom. The topological polar surface area (TPSA) is 61.9 Å². The van der Waals surface area contributed by atoms with Crippen molar-refractivity contribution in [2.45, 2.75) is 26.3 Å². The summed E-state index contributed by atoms with van der Waals surface area (Å²) >= 11 is 0. The third-order valence-corrected chi connectivity index (χ3v) is 6.41. The highest BCUT2D eigenvalue weighted by Gasteiger charge is 2.39. The van der Waals surface area contributed by atoms with E-state index in [2.05, 4.69) is 22.3 Å². The summed E-state index contributed by atoms with van der Waals surface area (Å²) in [5.41, 5.74) is 4.19. The number of benzene rings is 3. The van der Waals surface area contributed by atoms with Gasteiger partial charge in [0.15, 0.2) is 0 Å².